The van der Waals surface area contributed by atoms with Gasteiger partial charge in [-0.3, -0.25) is 9.48 Å². The van der Waals surface area contributed by atoms with Gasteiger partial charge in [-0.25, -0.2) is 17.9 Å². The van der Waals surface area contributed by atoms with Crippen molar-refractivity contribution in [2.75, 3.05) is 6.26 Å². The number of nitrogens with zero attached hydrogens (tertiary/aromatic N) is 5. The Morgan fingerprint density at radius 1 is 1.13 bits per heavy atom. The summed E-state index contributed by atoms with van der Waals surface area (Å²) in [4.78, 5) is 26.9. The summed E-state index contributed by atoms with van der Waals surface area (Å²) in [6.07, 6.45) is 8.99. The number of benzene rings is 1. The van der Waals surface area contributed by atoms with Crippen molar-refractivity contribution in [1.82, 2.24) is 24.1 Å². The quantitative estimate of drug-likeness (QED) is 0.230. The summed E-state index contributed by atoms with van der Waals surface area (Å²) in [7, 11) is -0.324. The molecular weight excluding hydrogens is 553 g/mol. The molecule has 0 saturated heterocycles. The van der Waals surface area contributed by atoms with E-state index in [9.17, 15) is 18.0 Å². The molecule has 1 fully saturated rings. The van der Waals surface area contributed by atoms with Gasteiger partial charge in [-0.2, -0.15) is 10.2 Å². The number of aryl methyl sites for hydroxylation is 2. The first-order valence-electron chi connectivity index (χ1n) is 11.6. The van der Waals surface area contributed by atoms with E-state index in [4.69, 9.17) is 27.9 Å². The van der Waals surface area contributed by atoms with Gasteiger partial charge < -0.3 is 9.30 Å². The van der Waals surface area contributed by atoms with Crippen molar-refractivity contribution < 1.29 is 22.7 Å². The van der Waals surface area contributed by atoms with E-state index < -0.39 is 21.6 Å². The third kappa shape index (κ3) is 5.01. The molecule has 3 aromatic heterocycles. The highest BCUT2D eigenvalue weighted by Crippen LogP contribution is 2.44. The van der Waals surface area contributed by atoms with E-state index in [-0.39, 0.29) is 45.0 Å². The van der Waals surface area contributed by atoms with Crippen LogP contribution in [0.25, 0.3) is 0 Å². The molecule has 0 atom stereocenters. The number of ether oxygens (including phenoxy) is 1. The third-order valence-electron chi connectivity index (χ3n) is 6.24. The SMILES string of the molecule is Cn1ccc(C(=O)Oc2c(C(=O)c3ccc(S(C)(=O)=O)c(Cn4cc(Cl)cn4)c3Cl)c(C3CC3)nn2C)c1. The summed E-state index contributed by atoms with van der Waals surface area (Å²) in [5, 5.41) is 8.92. The Labute approximate surface area is 228 Å². The van der Waals surface area contributed by atoms with Crippen molar-refractivity contribution in [1.29, 1.82) is 0 Å². The molecule has 0 amide bonds. The number of esters is 1. The number of carbonyl (C=O) groups is 2. The van der Waals surface area contributed by atoms with Crippen LogP contribution in [-0.2, 0) is 30.5 Å². The fourth-order valence-electron chi connectivity index (χ4n) is 4.27. The molecule has 13 heteroatoms. The van der Waals surface area contributed by atoms with E-state index in [1.54, 1.807) is 37.1 Å². The minimum Gasteiger partial charge on any atom is -0.403 e. The molecule has 1 aromatic carbocycles. The smallest absolute Gasteiger partial charge is 0.346 e. The van der Waals surface area contributed by atoms with E-state index in [0.717, 1.165) is 19.1 Å². The van der Waals surface area contributed by atoms with Crippen LogP contribution in [-0.4, -0.2) is 50.6 Å². The van der Waals surface area contributed by atoms with Crippen LogP contribution in [0.1, 0.15) is 56.3 Å². The van der Waals surface area contributed by atoms with Crippen LogP contribution in [0.2, 0.25) is 10.0 Å². The number of hydrogen-bond acceptors (Lipinski definition) is 7. The van der Waals surface area contributed by atoms with Gasteiger partial charge >= 0.3 is 5.97 Å². The van der Waals surface area contributed by atoms with Crippen LogP contribution < -0.4 is 4.74 Å². The van der Waals surface area contributed by atoms with Crippen LogP contribution in [0, 0.1) is 0 Å². The average Bonchev–Trinajstić information content (AvgIpc) is 3.33. The lowest BCUT2D eigenvalue weighted by atomic mass is 9.99. The molecule has 0 unspecified atom stereocenters. The van der Waals surface area contributed by atoms with Crippen LogP contribution in [0.4, 0.5) is 0 Å². The van der Waals surface area contributed by atoms with Gasteiger partial charge in [0.25, 0.3) is 0 Å². The van der Waals surface area contributed by atoms with Crippen LogP contribution in [0.5, 0.6) is 5.88 Å². The molecule has 1 aliphatic carbocycles. The first-order chi connectivity index (χ1) is 17.9. The van der Waals surface area contributed by atoms with E-state index in [1.807, 2.05) is 0 Å². The molecule has 38 heavy (non-hydrogen) atoms. The first-order valence-corrected chi connectivity index (χ1v) is 14.2. The van der Waals surface area contributed by atoms with Crippen LogP contribution >= 0.6 is 23.2 Å². The van der Waals surface area contributed by atoms with E-state index in [0.29, 0.717) is 16.3 Å². The molecule has 10 nitrogen and oxygen atoms in total. The average molecular weight is 576 g/mol. The predicted octanol–water partition coefficient (Wildman–Crippen LogP) is 4.04. The summed E-state index contributed by atoms with van der Waals surface area (Å²) in [6, 6.07) is 4.32. The second kappa shape index (κ2) is 9.72. The van der Waals surface area contributed by atoms with Gasteiger partial charge in [-0.15, -0.1) is 0 Å². The van der Waals surface area contributed by atoms with E-state index in [2.05, 4.69) is 10.2 Å². The van der Waals surface area contributed by atoms with Gasteiger partial charge in [0.15, 0.2) is 9.84 Å². The number of aromatic nitrogens is 5. The number of halogens is 2. The molecule has 0 radical (unpaired) electrons. The van der Waals surface area contributed by atoms with Gasteiger partial charge in [0.05, 0.1) is 38.9 Å². The number of ketones is 1. The van der Waals surface area contributed by atoms with Gasteiger partial charge in [-0.05, 0) is 31.0 Å². The standard InChI is InChI=1S/C25H23Cl2N5O5S/c1-30-9-8-15(11-30)25(34)37-24-20(22(14-4-5-14)29-31(24)2)23(33)17-6-7-19(38(3,35)36)18(21(17)27)13-32-12-16(26)10-28-32/h6-12,14H,4-5,13H2,1-3H3. The topological polar surface area (TPSA) is 118 Å². The summed E-state index contributed by atoms with van der Waals surface area (Å²) in [5.74, 6) is -1.13. The second-order valence-corrected chi connectivity index (χ2v) is 12.1. The Hall–Kier alpha value is -3.41. The van der Waals surface area contributed by atoms with Gasteiger partial charge in [0, 0.05) is 56.0 Å². The fourth-order valence-corrected chi connectivity index (χ4v) is 5.72. The maximum Gasteiger partial charge on any atom is 0.346 e. The number of sulfone groups is 1. The number of rotatable bonds is 8. The summed E-state index contributed by atoms with van der Waals surface area (Å²) < 4.78 is 35.3. The second-order valence-electron chi connectivity index (χ2n) is 9.28. The van der Waals surface area contributed by atoms with Crippen LogP contribution in [0.15, 0.2) is 47.9 Å². The summed E-state index contributed by atoms with van der Waals surface area (Å²) in [5.41, 5.74) is 1.20. The normalized spacial score (nSPS) is 13.6. The lowest BCUT2D eigenvalue weighted by Crippen LogP contribution is -2.15. The minimum atomic E-state index is -3.69. The maximum atomic E-state index is 14.0. The highest BCUT2D eigenvalue weighted by atomic mass is 35.5. The fraction of sp³-hybridized carbons (Fsp3) is 0.280. The Morgan fingerprint density at radius 2 is 1.87 bits per heavy atom. The Kier molecular flexibility index (Phi) is 6.70. The lowest BCUT2D eigenvalue weighted by molar-refractivity contribution is 0.0718. The molecule has 1 saturated carbocycles. The zero-order chi connectivity index (χ0) is 27.4. The van der Waals surface area contributed by atoms with Crippen molar-refractivity contribution in [2.45, 2.75) is 30.2 Å². The van der Waals surface area contributed by atoms with Crippen molar-refractivity contribution >= 4 is 44.8 Å². The first kappa shape index (κ1) is 26.2. The molecular formula is C25H23Cl2N5O5S. The molecule has 1 aliphatic rings. The van der Waals surface area contributed by atoms with Crippen molar-refractivity contribution in [3.05, 3.63) is 81.0 Å². The van der Waals surface area contributed by atoms with Crippen LogP contribution in [0.3, 0.4) is 0 Å². The van der Waals surface area contributed by atoms with E-state index >= 15 is 0 Å². The summed E-state index contributed by atoms with van der Waals surface area (Å²) >= 11 is 12.7. The summed E-state index contributed by atoms with van der Waals surface area (Å²) in [6.45, 7) is -0.0343. The largest absolute Gasteiger partial charge is 0.403 e. The van der Waals surface area contributed by atoms with Crippen molar-refractivity contribution in [3.63, 3.8) is 0 Å². The maximum absolute atomic E-state index is 14.0. The number of hydrogen-bond donors (Lipinski definition) is 0. The number of carbonyl (C=O) groups excluding carboxylic acids is 2. The highest BCUT2D eigenvalue weighted by Gasteiger charge is 2.37. The highest BCUT2D eigenvalue weighted by molar-refractivity contribution is 7.90. The molecule has 0 N–H and O–H groups in total. The van der Waals surface area contributed by atoms with Gasteiger partial charge in [0.2, 0.25) is 11.7 Å². The lowest BCUT2D eigenvalue weighted by Gasteiger charge is -2.14. The molecule has 3 heterocycles. The Balaban J connectivity index is 1.61. The zero-order valence-electron chi connectivity index (χ0n) is 20.7. The Bertz CT molecular complexity index is 1700. The minimum absolute atomic E-state index is 0.00517. The molecule has 4 aromatic rings. The molecule has 0 aliphatic heterocycles. The van der Waals surface area contributed by atoms with Gasteiger partial charge in [-0.1, -0.05) is 23.2 Å². The zero-order valence-corrected chi connectivity index (χ0v) is 23.0. The Morgan fingerprint density at radius 3 is 2.45 bits per heavy atom. The van der Waals surface area contributed by atoms with E-state index in [1.165, 1.54) is 33.9 Å². The monoisotopic (exact) mass is 575 g/mol. The van der Waals surface area contributed by atoms with Crippen molar-refractivity contribution in [3.8, 4) is 5.88 Å². The third-order valence-corrected chi connectivity index (χ3v) is 8.04. The van der Waals surface area contributed by atoms with Gasteiger partial charge in [0.1, 0.15) is 5.56 Å². The molecule has 0 bridgehead atoms. The molecule has 198 valence electrons. The van der Waals surface area contributed by atoms with Crippen molar-refractivity contribution in [2.24, 2.45) is 14.1 Å². The predicted molar refractivity (Wildman–Crippen MR) is 140 cm³/mol. The molecule has 5 rings (SSSR count). The molecule has 0 spiro atoms.